The molecule has 0 heterocycles. The van der Waals surface area contributed by atoms with Crippen molar-refractivity contribution >= 4 is 23.2 Å². The number of benzene rings is 2. The lowest BCUT2D eigenvalue weighted by molar-refractivity contribution is 0.415. The maximum atomic E-state index is 6.15. The molecule has 0 saturated heterocycles. The molecule has 0 aliphatic carbocycles. The maximum absolute atomic E-state index is 6.15. The van der Waals surface area contributed by atoms with E-state index in [4.69, 9.17) is 27.9 Å². The van der Waals surface area contributed by atoms with Gasteiger partial charge in [-0.15, -0.1) is 0 Å². The van der Waals surface area contributed by atoms with Crippen LogP contribution in [-0.2, 0) is 0 Å². The van der Waals surface area contributed by atoms with E-state index in [2.05, 4.69) is 0 Å². The van der Waals surface area contributed by atoms with Crippen molar-refractivity contribution in [3.05, 3.63) is 52.5 Å². The molecule has 0 unspecified atom stereocenters. The van der Waals surface area contributed by atoms with E-state index in [-0.39, 0.29) is 0 Å². The second-order valence-electron chi connectivity index (χ2n) is 3.33. The number of hydrogen-bond donors (Lipinski definition) is 0. The second-order valence-corrected chi connectivity index (χ2v) is 4.12. The summed E-state index contributed by atoms with van der Waals surface area (Å²) >= 11 is 12.1. The van der Waals surface area contributed by atoms with Gasteiger partial charge in [0.15, 0.2) is 0 Å². The molecule has 0 amide bonds. The van der Waals surface area contributed by atoms with E-state index in [9.17, 15) is 0 Å². The smallest absolute Gasteiger partial charge is 0.119 e. The Balaban J connectivity index is 2.54. The fraction of sp³-hybridized carbons (Fsp3) is 0.0769. The molecular weight excluding hydrogens is 243 g/mol. The van der Waals surface area contributed by atoms with Crippen molar-refractivity contribution in [2.24, 2.45) is 0 Å². The summed E-state index contributed by atoms with van der Waals surface area (Å²) in [6, 6.07) is 13.3. The average Bonchev–Trinajstić information content (AvgIpc) is 2.33. The van der Waals surface area contributed by atoms with Gasteiger partial charge in [0.05, 0.1) is 17.2 Å². The van der Waals surface area contributed by atoms with Crippen LogP contribution in [-0.4, -0.2) is 7.11 Å². The van der Waals surface area contributed by atoms with Gasteiger partial charge in [0.2, 0.25) is 0 Å². The van der Waals surface area contributed by atoms with Crippen LogP contribution in [0.1, 0.15) is 0 Å². The molecule has 16 heavy (non-hydrogen) atoms. The molecule has 2 aromatic rings. The molecule has 0 radical (unpaired) electrons. The maximum Gasteiger partial charge on any atom is 0.119 e. The number of rotatable bonds is 2. The number of halogens is 2. The topological polar surface area (TPSA) is 9.23 Å². The number of hydrogen-bond acceptors (Lipinski definition) is 1. The first-order chi connectivity index (χ1) is 7.72. The minimum atomic E-state index is 0.557. The molecule has 0 saturated carbocycles. The largest absolute Gasteiger partial charge is 0.497 e. The number of ether oxygens (including phenoxy) is 1. The Bertz CT molecular complexity index is 509. The van der Waals surface area contributed by atoms with Crippen molar-refractivity contribution in [1.82, 2.24) is 0 Å². The van der Waals surface area contributed by atoms with Crippen LogP contribution in [0.15, 0.2) is 42.5 Å². The zero-order chi connectivity index (χ0) is 11.5. The van der Waals surface area contributed by atoms with E-state index in [0.29, 0.717) is 10.0 Å². The monoisotopic (exact) mass is 252 g/mol. The second kappa shape index (κ2) is 4.77. The fourth-order valence-corrected chi connectivity index (χ4v) is 1.93. The van der Waals surface area contributed by atoms with Gasteiger partial charge in [-0.25, -0.2) is 0 Å². The minimum absolute atomic E-state index is 0.557. The third-order valence-corrected chi connectivity index (χ3v) is 3.15. The van der Waals surface area contributed by atoms with E-state index in [1.807, 2.05) is 36.4 Å². The van der Waals surface area contributed by atoms with Crippen LogP contribution in [0.2, 0.25) is 10.0 Å². The van der Waals surface area contributed by atoms with Gasteiger partial charge < -0.3 is 4.74 Å². The van der Waals surface area contributed by atoms with Crippen LogP contribution in [0.3, 0.4) is 0 Å². The predicted octanol–water partition coefficient (Wildman–Crippen LogP) is 4.67. The van der Waals surface area contributed by atoms with Gasteiger partial charge in [-0.05, 0) is 23.8 Å². The highest BCUT2D eigenvalue weighted by Gasteiger charge is 2.06. The minimum Gasteiger partial charge on any atom is -0.497 e. The Morgan fingerprint density at radius 3 is 2.50 bits per heavy atom. The van der Waals surface area contributed by atoms with Crippen molar-refractivity contribution < 1.29 is 4.74 Å². The summed E-state index contributed by atoms with van der Waals surface area (Å²) in [7, 11) is 1.64. The van der Waals surface area contributed by atoms with Crippen LogP contribution in [0, 0.1) is 0 Å². The van der Waals surface area contributed by atoms with Gasteiger partial charge in [0, 0.05) is 5.56 Å². The summed E-state index contributed by atoms with van der Waals surface area (Å²) in [5.41, 5.74) is 1.90. The molecule has 2 aromatic carbocycles. The first-order valence-electron chi connectivity index (χ1n) is 4.81. The van der Waals surface area contributed by atoms with Crippen molar-refractivity contribution in [1.29, 1.82) is 0 Å². The van der Waals surface area contributed by atoms with E-state index in [1.54, 1.807) is 13.2 Å². The van der Waals surface area contributed by atoms with E-state index in [0.717, 1.165) is 16.9 Å². The highest BCUT2D eigenvalue weighted by molar-refractivity contribution is 6.43. The lowest BCUT2D eigenvalue weighted by atomic mass is 10.1. The standard InChI is InChI=1S/C13H10Cl2O/c1-16-10-5-2-4-9(8-10)11-6-3-7-12(14)13(11)15/h2-8H,1H3. The zero-order valence-corrected chi connectivity index (χ0v) is 10.2. The van der Waals surface area contributed by atoms with Gasteiger partial charge in [-0.1, -0.05) is 47.5 Å². The van der Waals surface area contributed by atoms with Gasteiger partial charge in [-0.3, -0.25) is 0 Å². The van der Waals surface area contributed by atoms with Crippen molar-refractivity contribution in [2.45, 2.75) is 0 Å². The third-order valence-electron chi connectivity index (χ3n) is 2.33. The van der Waals surface area contributed by atoms with Gasteiger partial charge in [-0.2, -0.15) is 0 Å². The number of methoxy groups -OCH3 is 1. The molecule has 0 bridgehead atoms. The Kier molecular flexibility index (Phi) is 3.37. The fourth-order valence-electron chi connectivity index (χ4n) is 1.52. The van der Waals surface area contributed by atoms with Crippen molar-refractivity contribution in [3.63, 3.8) is 0 Å². The molecular formula is C13H10Cl2O. The quantitative estimate of drug-likeness (QED) is 0.755. The first kappa shape index (κ1) is 11.3. The Morgan fingerprint density at radius 1 is 1.00 bits per heavy atom. The molecule has 0 aliphatic rings. The molecule has 0 aromatic heterocycles. The molecule has 0 aliphatic heterocycles. The van der Waals surface area contributed by atoms with E-state index < -0.39 is 0 Å². The summed E-state index contributed by atoms with van der Waals surface area (Å²) in [6.07, 6.45) is 0. The normalized spacial score (nSPS) is 10.2. The zero-order valence-electron chi connectivity index (χ0n) is 8.71. The first-order valence-corrected chi connectivity index (χ1v) is 5.56. The summed E-state index contributed by atoms with van der Waals surface area (Å²) in [6.45, 7) is 0. The average molecular weight is 253 g/mol. The molecule has 2 rings (SSSR count). The van der Waals surface area contributed by atoms with E-state index >= 15 is 0 Å². The molecule has 1 nitrogen and oxygen atoms in total. The van der Waals surface area contributed by atoms with Crippen LogP contribution >= 0.6 is 23.2 Å². The highest BCUT2D eigenvalue weighted by Crippen LogP contribution is 2.34. The molecule has 0 N–H and O–H groups in total. The van der Waals surface area contributed by atoms with Gasteiger partial charge in [0.25, 0.3) is 0 Å². The lowest BCUT2D eigenvalue weighted by Gasteiger charge is -2.07. The Labute approximate surface area is 105 Å². The van der Waals surface area contributed by atoms with Crippen LogP contribution in [0.5, 0.6) is 5.75 Å². The molecule has 0 fully saturated rings. The van der Waals surface area contributed by atoms with Crippen molar-refractivity contribution in [2.75, 3.05) is 7.11 Å². The van der Waals surface area contributed by atoms with Crippen molar-refractivity contribution in [3.8, 4) is 16.9 Å². The third kappa shape index (κ3) is 2.16. The highest BCUT2D eigenvalue weighted by atomic mass is 35.5. The summed E-state index contributed by atoms with van der Waals surface area (Å²) in [5.74, 6) is 0.800. The Hall–Kier alpha value is -1.18. The van der Waals surface area contributed by atoms with E-state index in [1.165, 1.54) is 0 Å². The molecule has 82 valence electrons. The van der Waals surface area contributed by atoms with Gasteiger partial charge in [0.1, 0.15) is 5.75 Å². The molecule has 0 atom stereocenters. The molecule has 3 heteroatoms. The summed E-state index contributed by atoms with van der Waals surface area (Å²) in [5, 5.41) is 1.12. The SMILES string of the molecule is COc1cccc(-c2cccc(Cl)c2Cl)c1. The van der Waals surface area contributed by atoms with Crippen LogP contribution in [0.4, 0.5) is 0 Å². The Morgan fingerprint density at radius 2 is 1.75 bits per heavy atom. The van der Waals surface area contributed by atoms with Crippen LogP contribution in [0.25, 0.3) is 11.1 Å². The lowest BCUT2D eigenvalue weighted by Crippen LogP contribution is -1.84. The van der Waals surface area contributed by atoms with Crippen LogP contribution < -0.4 is 4.74 Å². The predicted molar refractivity (Wildman–Crippen MR) is 68.5 cm³/mol. The molecule has 0 spiro atoms. The van der Waals surface area contributed by atoms with Gasteiger partial charge >= 0.3 is 0 Å². The summed E-state index contributed by atoms with van der Waals surface area (Å²) < 4.78 is 5.17. The summed E-state index contributed by atoms with van der Waals surface area (Å²) in [4.78, 5) is 0.